The summed E-state index contributed by atoms with van der Waals surface area (Å²) in [5.41, 5.74) is 0.315. The van der Waals surface area contributed by atoms with E-state index < -0.39 is 5.97 Å². The average Bonchev–Trinajstić information content (AvgIpc) is 2.51. The number of ether oxygens (including phenoxy) is 1. The number of para-hydroxylation sites is 1. The molecule has 0 aliphatic carbocycles. The maximum absolute atomic E-state index is 12.2. The lowest BCUT2D eigenvalue weighted by atomic mass is 10.2. The predicted molar refractivity (Wildman–Crippen MR) is 92.0 cm³/mol. The minimum atomic E-state index is -0.723. The Balaban J connectivity index is 2.13. The van der Waals surface area contributed by atoms with Crippen molar-refractivity contribution < 1.29 is 14.3 Å². The van der Waals surface area contributed by atoms with Gasteiger partial charge in [0.25, 0.3) is 5.91 Å². The Kier molecular flexibility index (Phi) is 5.39. The molecule has 6 nitrogen and oxygen atoms in total. The van der Waals surface area contributed by atoms with Crippen LogP contribution in [0.3, 0.4) is 0 Å². The third-order valence-corrected chi connectivity index (χ3v) is 3.68. The van der Waals surface area contributed by atoms with Gasteiger partial charge in [-0.15, -0.1) is 0 Å². The minimum Gasteiger partial charge on any atom is -0.451 e. The van der Waals surface area contributed by atoms with Crippen molar-refractivity contribution in [3.05, 3.63) is 46.2 Å². The molecule has 0 fully saturated rings. The van der Waals surface area contributed by atoms with E-state index >= 15 is 0 Å². The number of H-pyrrole nitrogens is 1. The molecule has 2 aromatic rings. The third kappa shape index (κ3) is 3.82. The van der Waals surface area contributed by atoms with Crippen LogP contribution in [0.15, 0.2) is 35.1 Å². The number of fused-ring (bicyclic) bond motifs is 1. The zero-order valence-corrected chi connectivity index (χ0v) is 14.3. The van der Waals surface area contributed by atoms with Crippen molar-refractivity contribution in [1.82, 2.24) is 9.88 Å². The molecule has 24 heavy (non-hydrogen) atoms. The summed E-state index contributed by atoms with van der Waals surface area (Å²) in [5.74, 6) is -0.991. The third-order valence-electron chi connectivity index (χ3n) is 3.68. The van der Waals surface area contributed by atoms with Crippen molar-refractivity contribution in [2.75, 3.05) is 6.61 Å². The molecule has 0 atom stereocenters. The van der Waals surface area contributed by atoms with Gasteiger partial charge in [-0.05, 0) is 39.8 Å². The number of carbonyl (C=O) groups excluding carboxylic acids is 2. The van der Waals surface area contributed by atoms with Crippen molar-refractivity contribution in [2.45, 2.75) is 39.8 Å². The summed E-state index contributed by atoms with van der Waals surface area (Å²) in [7, 11) is 0. The highest BCUT2D eigenvalue weighted by atomic mass is 16.5. The van der Waals surface area contributed by atoms with Gasteiger partial charge in [0.15, 0.2) is 12.0 Å². The molecule has 128 valence electrons. The molecule has 0 radical (unpaired) electrons. The average molecular weight is 330 g/mol. The standard InChI is InChI=1S/C18H22N2O4/c1-11(2)20(12(3)4)17(22)10-24-18(23)15-9-16(21)13-7-5-6-8-14(13)19-15/h5-9,11-12H,10H2,1-4H3,(H,19,21). The van der Waals surface area contributed by atoms with Crippen LogP contribution in [-0.2, 0) is 9.53 Å². The highest BCUT2D eigenvalue weighted by Gasteiger charge is 2.22. The number of amides is 1. The van der Waals surface area contributed by atoms with Crippen molar-refractivity contribution in [2.24, 2.45) is 0 Å². The van der Waals surface area contributed by atoms with Gasteiger partial charge in [0.05, 0.1) is 0 Å². The first-order chi connectivity index (χ1) is 11.3. The molecule has 1 amide bonds. The monoisotopic (exact) mass is 330 g/mol. The number of hydrogen-bond donors (Lipinski definition) is 1. The number of pyridine rings is 1. The first-order valence-corrected chi connectivity index (χ1v) is 7.91. The Labute approximate surface area is 140 Å². The first kappa shape index (κ1) is 17.7. The SMILES string of the molecule is CC(C)N(C(=O)COC(=O)c1cc(=O)c2ccccc2[nH]1)C(C)C. The molecule has 0 aliphatic rings. The van der Waals surface area contributed by atoms with E-state index in [2.05, 4.69) is 4.98 Å². The molecule has 0 aliphatic heterocycles. The molecule has 0 saturated heterocycles. The smallest absolute Gasteiger partial charge is 0.355 e. The normalized spacial score (nSPS) is 11.1. The fourth-order valence-corrected chi connectivity index (χ4v) is 2.76. The lowest BCUT2D eigenvalue weighted by molar-refractivity contribution is -0.138. The summed E-state index contributed by atoms with van der Waals surface area (Å²) in [6, 6.07) is 8.11. The number of hydrogen-bond acceptors (Lipinski definition) is 4. The largest absolute Gasteiger partial charge is 0.451 e. The summed E-state index contributed by atoms with van der Waals surface area (Å²) in [4.78, 5) is 40.9. The maximum atomic E-state index is 12.2. The Morgan fingerprint density at radius 2 is 1.75 bits per heavy atom. The molecule has 1 aromatic carbocycles. The predicted octanol–water partition coefficient (Wildman–Crippen LogP) is 2.33. The second-order valence-electron chi connectivity index (χ2n) is 6.16. The van der Waals surface area contributed by atoms with Crippen LogP contribution in [0, 0.1) is 0 Å². The van der Waals surface area contributed by atoms with E-state index in [0.29, 0.717) is 10.9 Å². The molecule has 0 saturated carbocycles. The molecular weight excluding hydrogens is 308 g/mol. The van der Waals surface area contributed by atoms with E-state index in [1.54, 1.807) is 29.2 Å². The molecule has 0 bridgehead atoms. The summed E-state index contributed by atoms with van der Waals surface area (Å²) >= 11 is 0. The van der Waals surface area contributed by atoms with E-state index in [9.17, 15) is 14.4 Å². The van der Waals surface area contributed by atoms with Crippen LogP contribution in [0.1, 0.15) is 38.2 Å². The molecule has 1 N–H and O–H groups in total. The van der Waals surface area contributed by atoms with E-state index in [4.69, 9.17) is 4.74 Å². The molecule has 1 heterocycles. The fourth-order valence-electron chi connectivity index (χ4n) is 2.76. The van der Waals surface area contributed by atoms with Crippen LogP contribution in [0.25, 0.3) is 10.9 Å². The molecular formula is C18H22N2O4. The van der Waals surface area contributed by atoms with Gasteiger partial charge >= 0.3 is 5.97 Å². The Morgan fingerprint density at radius 3 is 2.38 bits per heavy atom. The maximum Gasteiger partial charge on any atom is 0.355 e. The molecule has 1 aromatic heterocycles. The van der Waals surface area contributed by atoms with Gasteiger partial charge < -0.3 is 14.6 Å². The van der Waals surface area contributed by atoms with Crippen molar-refractivity contribution in [3.63, 3.8) is 0 Å². The Bertz CT molecular complexity index is 800. The number of esters is 1. The number of aromatic nitrogens is 1. The molecule has 0 unspecified atom stereocenters. The molecule has 2 rings (SSSR count). The van der Waals surface area contributed by atoms with Crippen LogP contribution in [0.4, 0.5) is 0 Å². The first-order valence-electron chi connectivity index (χ1n) is 7.91. The van der Waals surface area contributed by atoms with Gasteiger partial charge in [-0.25, -0.2) is 4.79 Å². The fraction of sp³-hybridized carbons (Fsp3) is 0.389. The quantitative estimate of drug-likeness (QED) is 0.853. The van der Waals surface area contributed by atoms with Crippen LogP contribution in [-0.4, -0.2) is 40.5 Å². The lowest BCUT2D eigenvalue weighted by Gasteiger charge is -2.30. The van der Waals surface area contributed by atoms with Crippen LogP contribution in [0.5, 0.6) is 0 Å². The number of nitrogens with one attached hydrogen (secondary N) is 1. The minimum absolute atomic E-state index is 0.0108. The highest BCUT2D eigenvalue weighted by Crippen LogP contribution is 2.09. The summed E-state index contributed by atoms with van der Waals surface area (Å²) < 4.78 is 5.07. The topological polar surface area (TPSA) is 79.5 Å². The number of benzene rings is 1. The van der Waals surface area contributed by atoms with Crippen LogP contribution >= 0.6 is 0 Å². The van der Waals surface area contributed by atoms with Crippen molar-refractivity contribution in [1.29, 1.82) is 0 Å². The van der Waals surface area contributed by atoms with Crippen molar-refractivity contribution in [3.8, 4) is 0 Å². The van der Waals surface area contributed by atoms with Gasteiger partial charge in [0.1, 0.15) is 5.69 Å². The van der Waals surface area contributed by atoms with E-state index in [1.165, 1.54) is 6.07 Å². The number of nitrogens with zero attached hydrogens (tertiary/aromatic N) is 1. The van der Waals surface area contributed by atoms with E-state index in [-0.39, 0.29) is 35.7 Å². The lowest BCUT2D eigenvalue weighted by Crippen LogP contribution is -2.44. The van der Waals surface area contributed by atoms with Gasteiger partial charge in [-0.1, -0.05) is 12.1 Å². The van der Waals surface area contributed by atoms with E-state index in [0.717, 1.165) is 0 Å². The van der Waals surface area contributed by atoms with Crippen LogP contribution < -0.4 is 5.43 Å². The van der Waals surface area contributed by atoms with Gasteiger partial charge in [0.2, 0.25) is 0 Å². The number of aromatic amines is 1. The summed E-state index contributed by atoms with van der Waals surface area (Å²) in [6.07, 6.45) is 0. The second kappa shape index (κ2) is 7.29. The Morgan fingerprint density at radius 1 is 1.12 bits per heavy atom. The van der Waals surface area contributed by atoms with Gasteiger partial charge in [-0.3, -0.25) is 9.59 Å². The zero-order chi connectivity index (χ0) is 17.9. The van der Waals surface area contributed by atoms with Crippen molar-refractivity contribution >= 4 is 22.8 Å². The number of carbonyl (C=O) groups is 2. The van der Waals surface area contributed by atoms with Gasteiger partial charge in [-0.2, -0.15) is 0 Å². The second-order valence-corrected chi connectivity index (χ2v) is 6.16. The highest BCUT2D eigenvalue weighted by molar-refractivity contribution is 5.92. The summed E-state index contributed by atoms with van der Waals surface area (Å²) in [5, 5.41) is 0.496. The molecule has 6 heteroatoms. The Hall–Kier alpha value is -2.63. The number of rotatable bonds is 5. The van der Waals surface area contributed by atoms with Crippen LogP contribution in [0.2, 0.25) is 0 Å². The summed E-state index contributed by atoms with van der Waals surface area (Å²) in [6.45, 7) is 7.26. The zero-order valence-electron chi connectivity index (χ0n) is 14.3. The van der Waals surface area contributed by atoms with E-state index in [1.807, 2.05) is 27.7 Å². The van der Waals surface area contributed by atoms with Gasteiger partial charge in [0, 0.05) is 29.1 Å². The molecule has 0 spiro atoms.